The molecule has 3 amide bonds. The highest BCUT2D eigenvalue weighted by molar-refractivity contribution is 5.90. The van der Waals surface area contributed by atoms with Crippen LogP contribution in [0.4, 0.5) is 10.5 Å². The second-order valence-electron chi connectivity index (χ2n) is 9.23. The van der Waals surface area contributed by atoms with E-state index in [1.54, 1.807) is 0 Å². The number of hydrogen-bond acceptors (Lipinski definition) is 3. The fourth-order valence-electron chi connectivity index (χ4n) is 4.60. The van der Waals surface area contributed by atoms with E-state index in [1.165, 1.54) is 31.5 Å². The number of rotatable bonds is 7. The van der Waals surface area contributed by atoms with Gasteiger partial charge in [-0.05, 0) is 70.8 Å². The van der Waals surface area contributed by atoms with Crippen molar-refractivity contribution in [2.45, 2.75) is 59.4 Å². The summed E-state index contributed by atoms with van der Waals surface area (Å²) in [5.41, 5.74) is 3.11. The third-order valence-electron chi connectivity index (χ3n) is 6.36. The lowest BCUT2D eigenvalue weighted by Crippen LogP contribution is -2.46. The van der Waals surface area contributed by atoms with Crippen molar-refractivity contribution in [2.24, 2.45) is 5.92 Å². The number of aryl methyl sites for hydroxylation is 2. The molecule has 3 rings (SSSR count). The minimum atomic E-state index is -0.0709. The lowest BCUT2D eigenvalue weighted by Gasteiger charge is -2.31. The highest BCUT2D eigenvalue weighted by Crippen LogP contribution is 2.22. The number of hydrogen-bond donors (Lipinski definition) is 1. The third-order valence-corrected chi connectivity index (χ3v) is 6.36. The van der Waals surface area contributed by atoms with Gasteiger partial charge < -0.3 is 20.0 Å². The van der Waals surface area contributed by atoms with Gasteiger partial charge in [0.25, 0.3) is 0 Å². The number of amides is 3. The zero-order valence-electron chi connectivity index (χ0n) is 19.1. The molecule has 166 valence electrons. The van der Waals surface area contributed by atoms with Crippen molar-refractivity contribution in [3.05, 3.63) is 29.3 Å². The quantitative estimate of drug-likeness (QED) is 0.737. The fourth-order valence-corrected chi connectivity index (χ4v) is 4.60. The van der Waals surface area contributed by atoms with Crippen LogP contribution < -0.4 is 5.32 Å². The van der Waals surface area contributed by atoms with Crippen molar-refractivity contribution in [3.63, 3.8) is 0 Å². The lowest BCUT2D eigenvalue weighted by atomic mass is 10.1. The Morgan fingerprint density at radius 2 is 1.90 bits per heavy atom. The Morgan fingerprint density at radius 3 is 2.57 bits per heavy atom. The maximum atomic E-state index is 12.9. The SMILES string of the molecule is Cc1ccc(NC(=O)N2CCC(N(CCCN3CCCC3)C(=O)C(C)C)C2)c(C)c1. The second-order valence-corrected chi connectivity index (χ2v) is 9.23. The highest BCUT2D eigenvalue weighted by atomic mass is 16.2. The third kappa shape index (κ3) is 5.75. The largest absolute Gasteiger partial charge is 0.338 e. The van der Waals surface area contributed by atoms with Gasteiger partial charge in [0.2, 0.25) is 5.91 Å². The number of nitrogens with zero attached hydrogens (tertiary/aromatic N) is 3. The van der Waals surface area contributed by atoms with E-state index in [0.29, 0.717) is 13.1 Å². The zero-order valence-corrected chi connectivity index (χ0v) is 19.1. The van der Waals surface area contributed by atoms with Crippen LogP contribution in [0.5, 0.6) is 0 Å². The molecular weight excluding hydrogens is 376 g/mol. The first-order chi connectivity index (χ1) is 14.3. The first-order valence-corrected chi connectivity index (χ1v) is 11.5. The van der Waals surface area contributed by atoms with Crippen LogP contribution in [0, 0.1) is 19.8 Å². The summed E-state index contributed by atoms with van der Waals surface area (Å²) in [7, 11) is 0. The Morgan fingerprint density at radius 1 is 1.17 bits per heavy atom. The van der Waals surface area contributed by atoms with Crippen molar-refractivity contribution >= 4 is 17.6 Å². The van der Waals surface area contributed by atoms with E-state index in [1.807, 2.05) is 49.6 Å². The van der Waals surface area contributed by atoms with Crippen LogP contribution in [-0.4, -0.2) is 71.9 Å². The van der Waals surface area contributed by atoms with Crippen LogP contribution in [0.25, 0.3) is 0 Å². The lowest BCUT2D eigenvalue weighted by molar-refractivity contribution is -0.136. The first kappa shape index (κ1) is 22.6. The maximum absolute atomic E-state index is 12.9. The van der Waals surface area contributed by atoms with Gasteiger partial charge in [-0.25, -0.2) is 4.79 Å². The average molecular weight is 415 g/mol. The normalized spacial score (nSPS) is 19.5. The molecule has 1 unspecified atom stereocenters. The van der Waals surface area contributed by atoms with Gasteiger partial charge in [-0.3, -0.25) is 4.79 Å². The molecule has 2 saturated heterocycles. The van der Waals surface area contributed by atoms with Gasteiger partial charge >= 0.3 is 6.03 Å². The molecule has 0 spiro atoms. The molecular formula is C24H38N4O2. The standard InChI is InChI=1S/C24H38N4O2/c1-18(2)23(29)28(14-7-13-26-11-5-6-12-26)21-10-15-27(17-21)24(30)25-22-9-8-19(3)16-20(22)4/h8-9,16,18,21H,5-7,10-15,17H2,1-4H3,(H,25,30). The average Bonchev–Trinajstić information content (AvgIpc) is 3.39. The number of nitrogens with one attached hydrogen (secondary N) is 1. The Balaban J connectivity index is 1.57. The minimum absolute atomic E-state index is 0.0186. The van der Waals surface area contributed by atoms with Crippen molar-refractivity contribution < 1.29 is 9.59 Å². The summed E-state index contributed by atoms with van der Waals surface area (Å²) in [6.07, 6.45) is 4.44. The topological polar surface area (TPSA) is 55.9 Å². The fraction of sp³-hybridized carbons (Fsp3) is 0.667. The van der Waals surface area contributed by atoms with Crippen LogP contribution >= 0.6 is 0 Å². The molecule has 6 heteroatoms. The van der Waals surface area contributed by atoms with Crippen LogP contribution in [0.1, 0.15) is 50.7 Å². The highest BCUT2D eigenvalue weighted by Gasteiger charge is 2.33. The molecule has 0 aromatic heterocycles. The summed E-state index contributed by atoms with van der Waals surface area (Å²) < 4.78 is 0. The first-order valence-electron chi connectivity index (χ1n) is 11.5. The Hall–Kier alpha value is -2.08. The van der Waals surface area contributed by atoms with Gasteiger partial charge in [-0.1, -0.05) is 31.5 Å². The number of carbonyl (C=O) groups excluding carboxylic acids is 2. The molecule has 1 N–H and O–H groups in total. The Kier molecular flexibility index (Phi) is 7.75. The van der Waals surface area contributed by atoms with Crippen LogP contribution in [0.15, 0.2) is 18.2 Å². The predicted molar refractivity (Wildman–Crippen MR) is 122 cm³/mol. The van der Waals surface area contributed by atoms with Gasteiger partial charge in [0.1, 0.15) is 0 Å². The summed E-state index contributed by atoms with van der Waals surface area (Å²) in [5.74, 6) is 0.188. The Bertz CT molecular complexity index is 743. The molecule has 0 aliphatic carbocycles. The van der Waals surface area contributed by atoms with E-state index in [2.05, 4.69) is 16.3 Å². The second kappa shape index (κ2) is 10.3. The van der Waals surface area contributed by atoms with Gasteiger partial charge in [-0.15, -0.1) is 0 Å². The van der Waals surface area contributed by atoms with E-state index < -0.39 is 0 Å². The molecule has 1 aromatic carbocycles. The molecule has 0 radical (unpaired) electrons. The summed E-state index contributed by atoms with van der Waals surface area (Å²) in [5, 5.41) is 3.05. The molecule has 2 aliphatic rings. The summed E-state index contributed by atoms with van der Waals surface area (Å²) >= 11 is 0. The predicted octanol–water partition coefficient (Wildman–Crippen LogP) is 3.88. The monoisotopic (exact) mass is 414 g/mol. The number of carbonyl (C=O) groups is 2. The van der Waals surface area contributed by atoms with Crippen molar-refractivity contribution in [1.82, 2.24) is 14.7 Å². The van der Waals surface area contributed by atoms with Crippen molar-refractivity contribution in [1.29, 1.82) is 0 Å². The van der Waals surface area contributed by atoms with E-state index in [0.717, 1.165) is 37.2 Å². The smallest absolute Gasteiger partial charge is 0.321 e. The van der Waals surface area contributed by atoms with Crippen LogP contribution in [0.3, 0.4) is 0 Å². The molecule has 30 heavy (non-hydrogen) atoms. The number of benzene rings is 1. The summed E-state index contributed by atoms with van der Waals surface area (Å²) in [4.78, 5) is 32.1. The van der Waals surface area contributed by atoms with Gasteiger partial charge in [-0.2, -0.15) is 0 Å². The van der Waals surface area contributed by atoms with Crippen molar-refractivity contribution in [3.8, 4) is 0 Å². The molecule has 0 saturated carbocycles. The molecule has 2 heterocycles. The molecule has 1 aromatic rings. The van der Waals surface area contributed by atoms with E-state index in [9.17, 15) is 9.59 Å². The van der Waals surface area contributed by atoms with Gasteiger partial charge in [0.05, 0.1) is 6.04 Å². The van der Waals surface area contributed by atoms with Crippen LogP contribution in [-0.2, 0) is 4.79 Å². The molecule has 2 fully saturated rings. The maximum Gasteiger partial charge on any atom is 0.321 e. The van der Waals surface area contributed by atoms with E-state index in [4.69, 9.17) is 0 Å². The minimum Gasteiger partial charge on any atom is -0.338 e. The number of anilines is 1. The van der Waals surface area contributed by atoms with Gasteiger partial charge in [0, 0.05) is 31.2 Å². The molecule has 2 aliphatic heterocycles. The molecule has 1 atom stereocenters. The molecule has 0 bridgehead atoms. The summed E-state index contributed by atoms with van der Waals surface area (Å²) in [6, 6.07) is 6.09. The van der Waals surface area contributed by atoms with Gasteiger partial charge in [0.15, 0.2) is 0 Å². The number of urea groups is 1. The molecule has 6 nitrogen and oxygen atoms in total. The zero-order chi connectivity index (χ0) is 21.7. The van der Waals surface area contributed by atoms with E-state index >= 15 is 0 Å². The van der Waals surface area contributed by atoms with Crippen LogP contribution in [0.2, 0.25) is 0 Å². The van der Waals surface area contributed by atoms with E-state index in [-0.39, 0.29) is 23.9 Å². The van der Waals surface area contributed by atoms with Crippen molar-refractivity contribution in [2.75, 3.05) is 44.6 Å². The summed E-state index contributed by atoms with van der Waals surface area (Å²) in [6.45, 7) is 13.5. The number of likely N-dealkylation sites (tertiary alicyclic amines) is 2. The Labute approximate surface area is 181 Å².